The molecule has 1 aromatic carbocycles. The topological polar surface area (TPSA) is 51.0 Å². The molecule has 1 aromatic heterocycles. The van der Waals surface area contributed by atoms with Gasteiger partial charge in [-0.15, -0.1) is 0 Å². The summed E-state index contributed by atoms with van der Waals surface area (Å²) in [6, 6.07) is 8.64. The van der Waals surface area contributed by atoms with Crippen molar-refractivity contribution in [2.45, 2.75) is 38.6 Å². The normalized spacial score (nSPS) is 18.3. The summed E-state index contributed by atoms with van der Waals surface area (Å²) in [6.07, 6.45) is 3.21. The van der Waals surface area contributed by atoms with Crippen LogP contribution < -0.4 is 5.32 Å². The van der Waals surface area contributed by atoms with E-state index in [2.05, 4.69) is 46.6 Å². The maximum atomic E-state index is 5.42. The number of hydrogen-bond acceptors (Lipinski definition) is 4. The number of hydrogen-bond donors (Lipinski definition) is 1. The molecule has 1 N–H and O–H groups in total. The van der Waals surface area contributed by atoms with Crippen molar-refractivity contribution in [2.24, 2.45) is 0 Å². The fraction of sp³-hybridized carbons (Fsp3) is 0.467. The Morgan fingerprint density at radius 2 is 2.16 bits per heavy atom. The summed E-state index contributed by atoms with van der Waals surface area (Å²) in [7, 11) is 0. The Hall–Kier alpha value is -1.68. The number of nitrogens with zero attached hydrogens (tertiary/aromatic N) is 2. The molecule has 1 aliphatic carbocycles. The van der Waals surface area contributed by atoms with Gasteiger partial charge in [0.15, 0.2) is 5.82 Å². The van der Waals surface area contributed by atoms with E-state index in [1.165, 1.54) is 11.1 Å². The molecule has 0 saturated carbocycles. The van der Waals surface area contributed by atoms with Gasteiger partial charge in [-0.05, 0) is 36.9 Å². The van der Waals surface area contributed by atoms with Crippen molar-refractivity contribution in [3.8, 4) is 0 Å². The maximum absolute atomic E-state index is 5.42. The van der Waals surface area contributed by atoms with E-state index in [1.807, 2.05) is 0 Å². The van der Waals surface area contributed by atoms with Gasteiger partial charge < -0.3 is 9.84 Å². The first-order chi connectivity index (χ1) is 9.36. The monoisotopic (exact) mass is 257 g/mol. The molecule has 0 aliphatic heterocycles. The average molecular weight is 257 g/mol. The molecule has 0 saturated heterocycles. The molecular formula is C15H19N3O. The average Bonchev–Trinajstić information content (AvgIpc) is 2.93. The Balaban J connectivity index is 1.72. The lowest BCUT2D eigenvalue weighted by atomic mass is 9.84. The smallest absolute Gasteiger partial charge is 0.230 e. The minimum Gasteiger partial charge on any atom is -0.339 e. The standard InChI is InChI=1S/C15H19N3O/c1-2-16-10-14-17-15(19-18-14)13-8-7-11-5-3-4-6-12(11)9-13/h3-6,13,16H,2,7-10H2,1H3. The summed E-state index contributed by atoms with van der Waals surface area (Å²) in [5, 5.41) is 7.25. The van der Waals surface area contributed by atoms with Crippen LogP contribution in [0.3, 0.4) is 0 Å². The lowest BCUT2D eigenvalue weighted by Crippen LogP contribution is -2.14. The first kappa shape index (κ1) is 12.4. The molecule has 0 spiro atoms. The van der Waals surface area contributed by atoms with E-state index in [9.17, 15) is 0 Å². The van der Waals surface area contributed by atoms with Crippen LogP contribution in [0.4, 0.5) is 0 Å². The van der Waals surface area contributed by atoms with Crippen molar-refractivity contribution in [1.29, 1.82) is 0 Å². The molecule has 0 amide bonds. The lowest BCUT2D eigenvalue weighted by Gasteiger charge is -2.21. The van der Waals surface area contributed by atoms with Crippen molar-refractivity contribution in [2.75, 3.05) is 6.54 Å². The Bertz CT molecular complexity index is 550. The molecule has 0 bridgehead atoms. The van der Waals surface area contributed by atoms with Crippen LogP contribution in [0.1, 0.15) is 42.1 Å². The van der Waals surface area contributed by atoms with Crippen LogP contribution >= 0.6 is 0 Å². The Morgan fingerprint density at radius 1 is 1.32 bits per heavy atom. The van der Waals surface area contributed by atoms with Crippen LogP contribution in [-0.2, 0) is 19.4 Å². The fourth-order valence-electron chi connectivity index (χ4n) is 2.65. The summed E-state index contributed by atoms with van der Waals surface area (Å²) in [4.78, 5) is 4.50. The molecule has 3 rings (SSSR count). The van der Waals surface area contributed by atoms with Gasteiger partial charge in [0.2, 0.25) is 5.89 Å². The number of fused-ring (bicyclic) bond motifs is 1. The van der Waals surface area contributed by atoms with Gasteiger partial charge in [0.25, 0.3) is 0 Å². The first-order valence-electron chi connectivity index (χ1n) is 6.96. The second kappa shape index (κ2) is 5.53. The van der Waals surface area contributed by atoms with E-state index >= 15 is 0 Å². The van der Waals surface area contributed by atoms with E-state index < -0.39 is 0 Å². The molecule has 2 aromatic rings. The van der Waals surface area contributed by atoms with E-state index in [-0.39, 0.29) is 0 Å². The van der Waals surface area contributed by atoms with Crippen molar-refractivity contribution < 1.29 is 4.52 Å². The Kier molecular flexibility index (Phi) is 3.60. The number of benzene rings is 1. The van der Waals surface area contributed by atoms with Crippen LogP contribution in [0.5, 0.6) is 0 Å². The first-order valence-corrected chi connectivity index (χ1v) is 6.96. The van der Waals surface area contributed by atoms with Crippen molar-refractivity contribution in [3.63, 3.8) is 0 Å². The Labute approximate surface area is 113 Å². The third kappa shape index (κ3) is 2.68. The van der Waals surface area contributed by atoms with Gasteiger partial charge in [0, 0.05) is 5.92 Å². The third-order valence-corrected chi connectivity index (χ3v) is 3.71. The minimum absolute atomic E-state index is 0.373. The van der Waals surface area contributed by atoms with Gasteiger partial charge in [-0.25, -0.2) is 0 Å². The molecule has 0 fully saturated rings. The van der Waals surface area contributed by atoms with Crippen molar-refractivity contribution >= 4 is 0 Å². The molecule has 4 heteroatoms. The van der Waals surface area contributed by atoms with Gasteiger partial charge in [0.1, 0.15) is 0 Å². The second-order valence-corrected chi connectivity index (χ2v) is 5.04. The van der Waals surface area contributed by atoms with Gasteiger partial charge >= 0.3 is 0 Å². The SMILES string of the molecule is CCNCc1noc(C2CCc3ccccc3C2)n1. The molecule has 19 heavy (non-hydrogen) atoms. The third-order valence-electron chi connectivity index (χ3n) is 3.71. The minimum atomic E-state index is 0.373. The van der Waals surface area contributed by atoms with Gasteiger partial charge in [-0.2, -0.15) is 4.98 Å². The molecule has 1 heterocycles. The highest BCUT2D eigenvalue weighted by Gasteiger charge is 2.24. The second-order valence-electron chi connectivity index (χ2n) is 5.04. The highest BCUT2D eigenvalue weighted by atomic mass is 16.5. The fourth-order valence-corrected chi connectivity index (χ4v) is 2.65. The number of aromatic nitrogens is 2. The molecule has 1 atom stereocenters. The summed E-state index contributed by atoms with van der Waals surface area (Å²) in [5.41, 5.74) is 2.89. The lowest BCUT2D eigenvalue weighted by molar-refractivity contribution is 0.337. The van der Waals surface area contributed by atoms with Gasteiger partial charge in [-0.3, -0.25) is 0 Å². The van der Waals surface area contributed by atoms with Crippen LogP contribution in [0.25, 0.3) is 0 Å². The van der Waals surface area contributed by atoms with Crippen molar-refractivity contribution in [1.82, 2.24) is 15.5 Å². The quantitative estimate of drug-likeness (QED) is 0.914. The van der Waals surface area contributed by atoms with E-state index in [1.54, 1.807) is 0 Å². The molecular weight excluding hydrogens is 238 g/mol. The predicted molar refractivity (Wildman–Crippen MR) is 72.9 cm³/mol. The number of nitrogens with one attached hydrogen (secondary N) is 1. The van der Waals surface area contributed by atoms with Gasteiger partial charge in [0.05, 0.1) is 6.54 Å². The van der Waals surface area contributed by atoms with Crippen LogP contribution in [0, 0.1) is 0 Å². The number of aryl methyl sites for hydroxylation is 1. The van der Waals surface area contributed by atoms with E-state index in [0.29, 0.717) is 12.5 Å². The molecule has 1 unspecified atom stereocenters. The molecule has 1 aliphatic rings. The zero-order valence-corrected chi connectivity index (χ0v) is 11.2. The summed E-state index contributed by atoms with van der Waals surface area (Å²) >= 11 is 0. The van der Waals surface area contributed by atoms with Crippen LogP contribution in [-0.4, -0.2) is 16.7 Å². The number of rotatable bonds is 4. The van der Waals surface area contributed by atoms with E-state index in [0.717, 1.165) is 37.5 Å². The maximum Gasteiger partial charge on any atom is 0.230 e. The van der Waals surface area contributed by atoms with Crippen LogP contribution in [0.2, 0.25) is 0 Å². The van der Waals surface area contributed by atoms with Gasteiger partial charge in [-0.1, -0.05) is 36.3 Å². The van der Waals surface area contributed by atoms with Crippen LogP contribution in [0.15, 0.2) is 28.8 Å². The molecule has 0 radical (unpaired) electrons. The zero-order valence-electron chi connectivity index (χ0n) is 11.2. The largest absolute Gasteiger partial charge is 0.339 e. The summed E-state index contributed by atoms with van der Waals surface area (Å²) < 4.78 is 5.42. The zero-order chi connectivity index (χ0) is 13.1. The predicted octanol–water partition coefficient (Wildman–Crippen LogP) is 2.45. The highest BCUT2D eigenvalue weighted by molar-refractivity contribution is 5.31. The molecule has 4 nitrogen and oxygen atoms in total. The molecule has 100 valence electrons. The summed E-state index contributed by atoms with van der Waals surface area (Å²) in [5.74, 6) is 1.93. The van der Waals surface area contributed by atoms with E-state index in [4.69, 9.17) is 4.52 Å². The highest BCUT2D eigenvalue weighted by Crippen LogP contribution is 2.31. The summed E-state index contributed by atoms with van der Waals surface area (Å²) in [6.45, 7) is 3.67. The Morgan fingerprint density at radius 3 is 3.00 bits per heavy atom. The van der Waals surface area contributed by atoms with Crippen molar-refractivity contribution in [3.05, 3.63) is 47.1 Å².